The summed E-state index contributed by atoms with van der Waals surface area (Å²) in [7, 11) is 1.76. The van der Waals surface area contributed by atoms with Gasteiger partial charge in [-0.3, -0.25) is 0 Å². The van der Waals surface area contributed by atoms with Gasteiger partial charge in [-0.25, -0.2) is 9.67 Å². The number of hydrogen-bond donors (Lipinski definition) is 1. The van der Waals surface area contributed by atoms with Crippen molar-refractivity contribution in [3.8, 4) is 0 Å². The molecular formula is C14H28N4O. The standard InChI is InChI=1S/C14H28N4O/c1-6-7-15-13(8-12(4)19-5)9-14-16-10-17-18(14)11(2)3/h10-13,15H,6-9H2,1-5H3. The predicted molar refractivity (Wildman–Crippen MR) is 77.3 cm³/mol. The molecule has 5 heteroatoms. The van der Waals surface area contributed by atoms with Crippen LogP contribution in [0.2, 0.25) is 0 Å². The highest BCUT2D eigenvalue weighted by molar-refractivity contribution is 4.92. The molecule has 2 atom stereocenters. The molecule has 1 aromatic heterocycles. The second-order valence-corrected chi connectivity index (χ2v) is 5.35. The monoisotopic (exact) mass is 268 g/mol. The number of nitrogens with zero attached hydrogens (tertiary/aromatic N) is 3. The van der Waals surface area contributed by atoms with Gasteiger partial charge in [0.15, 0.2) is 0 Å². The summed E-state index contributed by atoms with van der Waals surface area (Å²) in [5.41, 5.74) is 0. The van der Waals surface area contributed by atoms with Gasteiger partial charge in [0, 0.05) is 25.6 Å². The summed E-state index contributed by atoms with van der Waals surface area (Å²) in [4.78, 5) is 4.39. The Morgan fingerprint density at radius 1 is 1.37 bits per heavy atom. The second kappa shape index (κ2) is 8.27. The van der Waals surface area contributed by atoms with Gasteiger partial charge >= 0.3 is 0 Å². The Labute approximate surface area is 116 Å². The Hall–Kier alpha value is -0.940. The molecule has 0 aliphatic carbocycles. The van der Waals surface area contributed by atoms with E-state index in [2.05, 4.69) is 43.1 Å². The molecule has 110 valence electrons. The Balaban J connectivity index is 2.66. The molecule has 0 aliphatic heterocycles. The molecule has 2 unspecified atom stereocenters. The van der Waals surface area contributed by atoms with Crippen molar-refractivity contribution >= 4 is 0 Å². The molecule has 0 amide bonds. The fourth-order valence-corrected chi connectivity index (χ4v) is 2.16. The van der Waals surface area contributed by atoms with Gasteiger partial charge in [-0.15, -0.1) is 0 Å². The average Bonchev–Trinajstić information content (AvgIpc) is 2.84. The lowest BCUT2D eigenvalue weighted by atomic mass is 10.1. The first-order valence-electron chi connectivity index (χ1n) is 7.23. The van der Waals surface area contributed by atoms with E-state index in [1.54, 1.807) is 13.4 Å². The minimum absolute atomic E-state index is 0.254. The van der Waals surface area contributed by atoms with E-state index in [0.29, 0.717) is 12.1 Å². The lowest BCUT2D eigenvalue weighted by Crippen LogP contribution is -2.36. The number of nitrogens with one attached hydrogen (secondary N) is 1. The van der Waals surface area contributed by atoms with Crippen molar-refractivity contribution in [2.45, 2.75) is 65.1 Å². The summed E-state index contributed by atoms with van der Waals surface area (Å²) in [5.74, 6) is 1.05. The van der Waals surface area contributed by atoms with Crippen molar-refractivity contribution in [2.75, 3.05) is 13.7 Å². The molecule has 1 aromatic rings. The maximum absolute atomic E-state index is 5.37. The van der Waals surface area contributed by atoms with Gasteiger partial charge in [0.2, 0.25) is 0 Å². The number of methoxy groups -OCH3 is 1. The summed E-state index contributed by atoms with van der Waals surface area (Å²) in [5, 5.41) is 7.87. The molecule has 0 fully saturated rings. The highest BCUT2D eigenvalue weighted by atomic mass is 16.5. The van der Waals surface area contributed by atoms with Gasteiger partial charge < -0.3 is 10.1 Å². The minimum atomic E-state index is 0.254. The van der Waals surface area contributed by atoms with Crippen molar-refractivity contribution in [1.29, 1.82) is 0 Å². The van der Waals surface area contributed by atoms with Gasteiger partial charge in [-0.2, -0.15) is 5.10 Å². The molecule has 0 radical (unpaired) electrons. The fourth-order valence-electron chi connectivity index (χ4n) is 2.16. The van der Waals surface area contributed by atoms with E-state index >= 15 is 0 Å². The molecule has 0 spiro atoms. The van der Waals surface area contributed by atoms with E-state index < -0.39 is 0 Å². The first-order valence-corrected chi connectivity index (χ1v) is 7.23. The normalized spacial score (nSPS) is 14.8. The van der Waals surface area contributed by atoms with Crippen LogP contribution in [0, 0.1) is 0 Å². The van der Waals surface area contributed by atoms with Crippen molar-refractivity contribution in [3.05, 3.63) is 12.2 Å². The molecule has 1 heterocycles. The van der Waals surface area contributed by atoms with Gasteiger partial charge in [-0.1, -0.05) is 6.92 Å². The molecule has 0 saturated carbocycles. The Morgan fingerprint density at radius 3 is 2.68 bits per heavy atom. The second-order valence-electron chi connectivity index (χ2n) is 5.35. The zero-order valence-corrected chi connectivity index (χ0v) is 12.9. The molecule has 19 heavy (non-hydrogen) atoms. The lowest BCUT2D eigenvalue weighted by molar-refractivity contribution is 0.0999. The fraction of sp³-hybridized carbons (Fsp3) is 0.857. The highest BCUT2D eigenvalue weighted by Crippen LogP contribution is 2.11. The largest absolute Gasteiger partial charge is 0.382 e. The van der Waals surface area contributed by atoms with E-state index in [1.165, 1.54) is 0 Å². The van der Waals surface area contributed by atoms with Gasteiger partial charge in [-0.05, 0) is 40.2 Å². The first-order chi connectivity index (χ1) is 9.08. The average molecular weight is 268 g/mol. The maximum atomic E-state index is 5.37. The van der Waals surface area contributed by atoms with Gasteiger partial charge in [0.1, 0.15) is 12.2 Å². The summed E-state index contributed by atoms with van der Waals surface area (Å²) in [6.45, 7) is 9.57. The highest BCUT2D eigenvalue weighted by Gasteiger charge is 2.17. The molecule has 1 rings (SSSR count). The van der Waals surface area contributed by atoms with Crippen LogP contribution in [0.25, 0.3) is 0 Å². The van der Waals surface area contributed by atoms with Crippen molar-refractivity contribution in [3.63, 3.8) is 0 Å². The third-order valence-electron chi connectivity index (χ3n) is 3.27. The molecule has 0 aliphatic rings. The molecule has 0 bridgehead atoms. The van der Waals surface area contributed by atoms with Gasteiger partial charge in [0.25, 0.3) is 0 Å². The minimum Gasteiger partial charge on any atom is -0.382 e. The first kappa shape index (κ1) is 16.1. The van der Waals surface area contributed by atoms with Crippen molar-refractivity contribution in [1.82, 2.24) is 20.1 Å². The lowest BCUT2D eigenvalue weighted by Gasteiger charge is -2.22. The molecule has 0 aromatic carbocycles. The number of rotatable bonds is 9. The quantitative estimate of drug-likeness (QED) is 0.746. The van der Waals surface area contributed by atoms with Crippen LogP contribution in [0.3, 0.4) is 0 Å². The summed E-state index contributed by atoms with van der Waals surface area (Å²) < 4.78 is 7.37. The van der Waals surface area contributed by atoms with E-state index in [-0.39, 0.29) is 6.10 Å². The zero-order valence-electron chi connectivity index (χ0n) is 12.9. The van der Waals surface area contributed by atoms with E-state index in [0.717, 1.165) is 31.6 Å². The van der Waals surface area contributed by atoms with Crippen LogP contribution < -0.4 is 5.32 Å². The Morgan fingerprint density at radius 2 is 2.11 bits per heavy atom. The van der Waals surface area contributed by atoms with E-state index in [1.807, 2.05) is 4.68 Å². The summed E-state index contributed by atoms with van der Waals surface area (Å²) >= 11 is 0. The van der Waals surface area contributed by atoms with Crippen LogP contribution in [0.4, 0.5) is 0 Å². The summed E-state index contributed by atoms with van der Waals surface area (Å²) in [6.07, 6.45) is 4.92. The number of hydrogen-bond acceptors (Lipinski definition) is 4. The van der Waals surface area contributed by atoms with Crippen molar-refractivity contribution < 1.29 is 4.74 Å². The Bertz CT molecular complexity index is 351. The van der Waals surface area contributed by atoms with Crippen LogP contribution in [0.1, 0.15) is 52.4 Å². The molecular weight excluding hydrogens is 240 g/mol. The molecule has 0 saturated heterocycles. The molecule has 1 N–H and O–H groups in total. The van der Waals surface area contributed by atoms with Crippen LogP contribution in [0.5, 0.6) is 0 Å². The van der Waals surface area contributed by atoms with Crippen LogP contribution in [0.15, 0.2) is 6.33 Å². The third-order valence-corrected chi connectivity index (χ3v) is 3.27. The number of aromatic nitrogens is 3. The van der Waals surface area contributed by atoms with Crippen LogP contribution >= 0.6 is 0 Å². The van der Waals surface area contributed by atoms with Crippen LogP contribution in [-0.2, 0) is 11.2 Å². The topological polar surface area (TPSA) is 52.0 Å². The smallest absolute Gasteiger partial charge is 0.138 e. The predicted octanol–water partition coefficient (Wildman–Crippen LogP) is 2.19. The zero-order chi connectivity index (χ0) is 14.3. The van der Waals surface area contributed by atoms with Gasteiger partial charge in [0.05, 0.1) is 6.10 Å². The SMILES string of the molecule is CCCNC(Cc1ncnn1C(C)C)CC(C)OC. The maximum Gasteiger partial charge on any atom is 0.138 e. The molecule has 5 nitrogen and oxygen atoms in total. The van der Waals surface area contributed by atoms with E-state index in [4.69, 9.17) is 4.74 Å². The third kappa shape index (κ3) is 5.28. The van der Waals surface area contributed by atoms with E-state index in [9.17, 15) is 0 Å². The Kier molecular flexibility index (Phi) is 7.02. The van der Waals surface area contributed by atoms with Crippen molar-refractivity contribution in [2.24, 2.45) is 0 Å². The number of ether oxygens (including phenoxy) is 1. The summed E-state index contributed by atoms with van der Waals surface area (Å²) in [6, 6.07) is 0.737. The van der Waals surface area contributed by atoms with Crippen LogP contribution in [-0.4, -0.2) is 40.6 Å².